The smallest absolute Gasteiger partial charge is 0.264 e. The summed E-state index contributed by atoms with van der Waals surface area (Å²) in [6, 6.07) is 29.6. The van der Waals surface area contributed by atoms with E-state index < -0.39 is 0 Å². The number of aromatic nitrogens is 1. The Kier molecular flexibility index (Phi) is 10.9. The number of ether oxygens (including phenoxy) is 3. The molecular weight excluding hydrogens is 742 g/mol. The number of aromatic hydroxyl groups is 1. The van der Waals surface area contributed by atoms with E-state index in [1.54, 1.807) is 53.4 Å². The second-order valence-corrected chi connectivity index (χ2v) is 14.9. The van der Waals surface area contributed by atoms with Crippen LogP contribution < -0.4 is 14.4 Å². The summed E-state index contributed by atoms with van der Waals surface area (Å²) in [6.45, 7) is 5.34. The number of hydrogen-bond donors (Lipinski definition) is 1. The van der Waals surface area contributed by atoms with Crippen LogP contribution >= 0.6 is 12.4 Å². The lowest BCUT2D eigenvalue weighted by Gasteiger charge is -2.39. The average molecular weight is 786 g/mol. The fourth-order valence-electron chi connectivity index (χ4n) is 8.63. The molecule has 0 unspecified atom stereocenters. The van der Waals surface area contributed by atoms with Crippen molar-refractivity contribution in [1.29, 1.82) is 5.26 Å². The number of carbonyl (C=O) groups excluding carboxylic acids is 2. The standard InChI is InChI=1S/C45H43N5O6.ClH/c46-27-30-6-5-9-35(22-30)50(33-11-13-36(51)14-12-33)45(53)39-24-41(48-16-4-3-10-40(39)48)37-25-42-43(56-29-55-42)26-38(37)44(52)49-28-32-8-2-1-7-31(32)23-34(49)15-17-47-18-20-54-21-19-47;/h1-2,5-9,11-14,22,24-26,34,51H,3-4,10,15-21,23,28-29H2;1H/t34-;/m1./s1. The van der Waals surface area contributed by atoms with E-state index in [0.717, 1.165) is 75.5 Å². The summed E-state index contributed by atoms with van der Waals surface area (Å²) in [7, 11) is 0. The van der Waals surface area contributed by atoms with E-state index in [4.69, 9.17) is 14.2 Å². The molecule has 1 fully saturated rings. The summed E-state index contributed by atoms with van der Waals surface area (Å²) in [5.41, 5.74) is 7.29. The second kappa shape index (κ2) is 16.4. The number of hydrogen-bond acceptors (Lipinski definition) is 8. The van der Waals surface area contributed by atoms with Gasteiger partial charge in [-0.2, -0.15) is 5.26 Å². The first-order valence-corrected chi connectivity index (χ1v) is 19.4. The van der Waals surface area contributed by atoms with Gasteiger partial charge in [-0.3, -0.25) is 19.4 Å². The molecule has 0 aliphatic carbocycles. The molecule has 0 radical (unpaired) electrons. The van der Waals surface area contributed by atoms with Gasteiger partial charge < -0.3 is 28.8 Å². The van der Waals surface area contributed by atoms with E-state index in [9.17, 15) is 15.2 Å². The Labute approximate surface area is 338 Å². The Morgan fingerprint density at radius 1 is 0.842 bits per heavy atom. The van der Waals surface area contributed by atoms with Crippen LogP contribution in [0.5, 0.6) is 17.2 Å². The van der Waals surface area contributed by atoms with Gasteiger partial charge in [0.2, 0.25) is 6.79 Å². The predicted octanol–water partition coefficient (Wildman–Crippen LogP) is 7.49. The number of carbonyl (C=O) groups is 2. The SMILES string of the molecule is Cl.N#Cc1cccc(N(C(=O)c2cc(-c3cc4c(cc3C(=O)N3Cc5ccccc5C[C@H]3CCN3CCOCC3)OCO4)n3c2CCCC3)c2ccc(O)cc2)c1. The number of rotatable bonds is 8. The molecule has 5 aromatic rings. The largest absolute Gasteiger partial charge is 0.508 e. The lowest BCUT2D eigenvalue weighted by atomic mass is 9.90. The van der Waals surface area contributed by atoms with E-state index in [1.807, 2.05) is 29.2 Å². The van der Waals surface area contributed by atoms with Crippen LogP contribution in [0.25, 0.3) is 11.3 Å². The van der Waals surface area contributed by atoms with E-state index in [0.29, 0.717) is 64.6 Å². The molecule has 1 atom stereocenters. The number of nitrogens with zero attached hydrogens (tertiary/aromatic N) is 5. The summed E-state index contributed by atoms with van der Waals surface area (Å²) >= 11 is 0. The molecule has 5 heterocycles. The quantitative estimate of drug-likeness (QED) is 0.172. The zero-order valence-electron chi connectivity index (χ0n) is 31.6. The number of amides is 2. The van der Waals surface area contributed by atoms with Crippen LogP contribution in [0.1, 0.15) is 62.4 Å². The molecule has 1 aromatic heterocycles. The Balaban J connectivity index is 0.00000455. The highest BCUT2D eigenvalue weighted by Gasteiger charge is 2.35. The summed E-state index contributed by atoms with van der Waals surface area (Å²) in [5.74, 6) is 0.806. The number of fused-ring (bicyclic) bond motifs is 3. The molecule has 11 nitrogen and oxygen atoms in total. The van der Waals surface area contributed by atoms with Crippen LogP contribution in [0.2, 0.25) is 0 Å². The highest BCUT2D eigenvalue weighted by Crippen LogP contribution is 2.43. The summed E-state index contributed by atoms with van der Waals surface area (Å²) < 4.78 is 19.6. The molecule has 4 aliphatic rings. The molecule has 1 saturated heterocycles. The van der Waals surface area contributed by atoms with Gasteiger partial charge in [0.25, 0.3) is 11.8 Å². The van der Waals surface area contributed by atoms with Crippen LogP contribution in [-0.4, -0.2) is 77.0 Å². The van der Waals surface area contributed by atoms with Gasteiger partial charge in [-0.05, 0) is 104 Å². The minimum Gasteiger partial charge on any atom is -0.508 e. The minimum atomic E-state index is -0.271. The second-order valence-electron chi connectivity index (χ2n) is 14.9. The molecule has 0 spiro atoms. The Morgan fingerprint density at radius 2 is 1.61 bits per heavy atom. The van der Waals surface area contributed by atoms with Crippen molar-refractivity contribution in [3.05, 3.63) is 125 Å². The zero-order valence-corrected chi connectivity index (χ0v) is 32.4. The normalized spacial score (nSPS) is 17.2. The molecule has 4 aliphatic heterocycles. The molecule has 9 rings (SSSR count). The Morgan fingerprint density at radius 3 is 2.40 bits per heavy atom. The van der Waals surface area contributed by atoms with Gasteiger partial charge in [-0.15, -0.1) is 12.4 Å². The monoisotopic (exact) mass is 785 g/mol. The minimum absolute atomic E-state index is 0. The maximum Gasteiger partial charge on any atom is 0.264 e. The summed E-state index contributed by atoms with van der Waals surface area (Å²) in [4.78, 5) is 36.2. The highest BCUT2D eigenvalue weighted by atomic mass is 35.5. The molecule has 292 valence electrons. The lowest BCUT2D eigenvalue weighted by molar-refractivity contribution is 0.0308. The number of phenolic OH excluding ortho intramolecular Hbond substituents is 1. The molecule has 0 bridgehead atoms. The van der Waals surface area contributed by atoms with E-state index in [2.05, 4.69) is 33.7 Å². The highest BCUT2D eigenvalue weighted by molar-refractivity contribution is 6.13. The maximum absolute atomic E-state index is 15.2. The third-order valence-electron chi connectivity index (χ3n) is 11.5. The van der Waals surface area contributed by atoms with Crippen molar-refractivity contribution < 1.29 is 28.9 Å². The predicted molar refractivity (Wildman–Crippen MR) is 218 cm³/mol. The number of morpholine rings is 1. The fraction of sp³-hybridized carbons (Fsp3) is 0.311. The van der Waals surface area contributed by atoms with Crippen molar-refractivity contribution in [3.8, 4) is 34.6 Å². The first kappa shape index (κ1) is 38.1. The molecule has 4 aromatic carbocycles. The number of nitriles is 1. The average Bonchev–Trinajstić information content (AvgIpc) is 3.88. The van der Waals surface area contributed by atoms with Gasteiger partial charge >= 0.3 is 0 Å². The summed E-state index contributed by atoms with van der Waals surface area (Å²) in [6.07, 6.45) is 4.13. The van der Waals surface area contributed by atoms with Crippen molar-refractivity contribution in [1.82, 2.24) is 14.4 Å². The molecule has 2 amide bonds. The van der Waals surface area contributed by atoms with Gasteiger partial charge in [0, 0.05) is 61.4 Å². The van der Waals surface area contributed by atoms with Crippen molar-refractivity contribution in [3.63, 3.8) is 0 Å². The van der Waals surface area contributed by atoms with Gasteiger partial charge in [-0.1, -0.05) is 30.3 Å². The van der Waals surface area contributed by atoms with Crippen molar-refractivity contribution in [2.24, 2.45) is 0 Å². The molecular formula is C45H44ClN5O6. The van der Waals surface area contributed by atoms with E-state index >= 15 is 4.79 Å². The van der Waals surface area contributed by atoms with E-state index in [1.165, 1.54) is 5.56 Å². The fourth-order valence-corrected chi connectivity index (χ4v) is 8.63. The van der Waals surface area contributed by atoms with Crippen molar-refractivity contribution in [2.75, 3.05) is 44.5 Å². The third-order valence-corrected chi connectivity index (χ3v) is 11.5. The van der Waals surface area contributed by atoms with E-state index in [-0.39, 0.29) is 42.8 Å². The van der Waals surface area contributed by atoms with Gasteiger partial charge in [0.15, 0.2) is 11.5 Å². The Bertz CT molecular complexity index is 2350. The number of phenols is 1. The number of halogens is 1. The Hall–Kier alpha value is -5.80. The van der Waals surface area contributed by atoms with Crippen molar-refractivity contribution in [2.45, 2.75) is 51.2 Å². The number of benzene rings is 4. The van der Waals surface area contributed by atoms with Crippen molar-refractivity contribution >= 4 is 35.6 Å². The number of anilines is 2. The molecule has 12 heteroatoms. The lowest BCUT2D eigenvalue weighted by Crippen LogP contribution is -2.47. The topological polar surface area (TPSA) is 121 Å². The van der Waals surface area contributed by atoms with Crippen LogP contribution in [0.3, 0.4) is 0 Å². The third kappa shape index (κ3) is 7.44. The van der Waals surface area contributed by atoms with Gasteiger partial charge in [0.05, 0.1) is 41.7 Å². The van der Waals surface area contributed by atoms with Crippen LogP contribution in [-0.2, 0) is 30.7 Å². The maximum atomic E-state index is 15.2. The van der Waals surface area contributed by atoms with Crippen LogP contribution in [0.4, 0.5) is 11.4 Å². The molecule has 57 heavy (non-hydrogen) atoms. The molecule has 0 saturated carbocycles. The van der Waals surface area contributed by atoms with Gasteiger partial charge in [-0.25, -0.2) is 0 Å². The zero-order chi connectivity index (χ0) is 38.2. The van der Waals surface area contributed by atoms with Crippen LogP contribution in [0, 0.1) is 11.3 Å². The van der Waals surface area contributed by atoms with Gasteiger partial charge in [0.1, 0.15) is 5.75 Å². The van der Waals surface area contributed by atoms with Crippen LogP contribution in [0.15, 0.2) is 91.0 Å². The first-order valence-electron chi connectivity index (χ1n) is 19.4. The summed E-state index contributed by atoms with van der Waals surface area (Å²) in [5, 5.41) is 19.8. The first-order chi connectivity index (χ1) is 27.4. The molecule has 1 N–H and O–H groups in total.